The van der Waals surface area contributed by atoms with Gasteiger partial charge in [0.15, 0.2) is 8.07 Å². The first-order valence-corrected chi connectivity index (χ1v) is 10.3. The van der Waals surface area contributed by atoms with E-state index in [1.165, 1.54) is 15.6 Å². The van der Waals surface area contributed by atoms with Crippen LogP contribution in [0.15, 0.2) is 91.0 Å². The van der Waals surface area contributed by atoms with Gasteiger partial charge in [-0.25, -0.2) is 0 Å². The summed E-state index contributed by atoms with van der Waals surface area (Å²) in [4.78, 5) is 0. The molecule has 0 fully saturated rings. The highest BCUT2D eigenvalue weighted by molar-refractivity contribution is 7.11. The zero-order valence-electron chi connectivity index (χ0n) is 13.4. The van der Waals surface area contributed by atoms with Crippen LogP contribution in [0.1, 0.15) is 6.92 Å². The van der Waals surface area contributed by atoms with Gasteiger partial charge in [0.2, 0.25) is 0 Å². The van der Waals surface area contributed by atoms with Gasteiger partial charge in [0.1, 0.15) is 0 Å². The van der Waals surface area contributed by atoms with Crippen molar-refractivity contribution in [2.24, 2.45) is 0 Å². The smallest absolute Gasteiger partial charge is 0.150 e. The van der Waals surface area contributed by atoms with Crippen LogP contribution < -0.4 is 15.6 Å². The van der Waals surface area contributed by atoms with Gasteiger partial charge >= 0.3 is 0 Å². The standard InChI is InChI=1S/C21H22OSi/c1-18(22)17-23(19-11-5-2-6-12-19,20-13-7-3-8-14-20)21-15-9-4-10-16-21/h2-16,18,22H,17H2,1H3. The van der Waals surface area contributed by atoms with E-state index in [4.69, 9.17) is 0 Å². The minimum Gasteiger partial charge on any atom is -0.394 e. The van der Waals surface area contributed by atoms with Crippen LogP contribution in [-0.2, 0) is 0 Å². The molecular formula is C21H22OSi. The molecule has 0 aliphatic carbocycles. The van der Waals surface area contributed by atoms with E-state index in [1.807, 2.05) is 6.92 Å². The second-order valence-corrected chi connectivity index (χ2v) is 10.0. The molecule has 3 aromatic rings. The van der Waals surface area contributed by atoms with Gasteiger partial charge in [-0.15, -0.1) is 0 Å². The lowest BCUT2D eigenvalue weighted by molar-refractivity contribution is 0.214. The zero-order chi connectivity index (χ0) is 16.1. The molecule has 116 valence electrons. The highest BCUT2D eigenvalue weighted by Crippen LogP contribution is 2.15. The largest absolute Gasteiger partial charge is 0.394 e. The number of aliphatic hydroxyl groups excluding tert-OH is 1. The molecule has 0 heterocycles. The summed E-state index contributed by atoms with van der Waals surface area (Å²) in [5, 5.41) is 14.3. The van der Waals surface area contributed by atoms with E-state index in [2.05, 4.69) is 91.0 Å². The van der Waals surface area contributed by atoms with Gasteiger partial charge in [0, 0.05) is 6.10 Å². The second kappa shape index (κ2) is 6.94. The molecule has 3 aromatic carbocycles. The van der Waals surface area contributed by atoms with Crippen LogP contribution >= 0.6 is 0 Å². The van der Waals surface area contributed by atoms with E-state index in [0.29, 0.717) is 0 Å². The van der Waals surface area contributed by atoms with Gasteiger partial charge in [-0.05, 0) is 28.5 Å². The van der Waals surface area contributed by atoms with Crippen molar-refractivity contribution < 1.29 is 5.11 Å². The fraction of sp³-hybridized carbons (Fsp3) is 0.143. The van der Waals surface area contributed by atoms with Crippen molar-refractivity contribution >= 4 is 23.6 Å². The lowest BCUT2D eigenvalue weighted by atomic mass is 10.3. The monoisotopic (exact) mass is 318 g/mol. The van der Waals surface area contributed by atoms with Crippen LogP contribution in [0, 0.1) is 0 Å². The molecule has 1 nitrogen and oxygen atoms in total. The Morgan fingerprint density at radius 3 is 1.22 bits per heavy atom. The number of hydrogen-bond donors (Lipinski definition) is 1. The van der Waals surface area contributed by atoms with Gasteiger partial charge in [0.05, 0.1) is 0 Å². The molecule has 23 heavy (non-hydrogen) atoms. The molecule has 0 bridgehead atoms. The molecule has 0 aliphatic rings. The number of hydrogen-bond acceptors (Lipinski definition) is 1. The van der Waals surface area contributed by atoms with Crippen molar-refractivity contribution in [3.8, 4) is 0 Å². The maximum Gasteiger partial charge on any atom is 0.150 e. The quantitative estimate of drug-likeness (QED) is 0.566. The molecule has 0 saturated heterocycles. The van der Waals surface area contributed by atoms with E-state index in [-0.39, 0.29) is 6.10 Å². The highest BCUT2D eigenvalue weighted by atomic mass is 28.3. The highest BCUT2D eigenvalue weighted by Gasteiger charge is 2.39. The van der Waals surface area contributed by atoms with Crippen molar-refractivity contribution in [3.05, 3.63) is 91.0 Å². The van der Waals surface area contributed by atoms with E-state index >= 15 is 0 Å². The zero-order valence-corrected chi connectivity index (χ0v) is 14.4. The maximum atomic E-state index is 10.3. The van der Waals surface area contributed by atoms with Gasteiger partial charge < -0.3 is 5.11 Å². The molecule has 0 amide bonds. The number of aliphatic hydroxyl groups is 1. The van der Waals surface area contributed by atoms with Crippen LogP contribution in [0.5, 0.6) is 0 Å². The van der Waals surface area contributed by atoms with Gasteiger partial charge in [-0.1, -0.05) is 91.0 Å². The fourth-order valence-electron chi connectivity index (χ4n) is 3.46. The molecule has 3 rings (SSSR count). The Balaban J connectivity index is 2.30. The van der Waals surface area contributed by atoms with Crippen molar-refractivity contribution in [1.82, 2.24) is 0 Å². The molecule has 0 spiro atoms. The third-order valence-corrected chi connectivity index (χ3v) is 9.56. The van der Waals surface area contributed by atoms with Crippen molar-refractivity contribution in [2.75, 3.05) is 0 Å². The summed E-state index contributed by atoms with van der Waals surface area (Å²) >= 11 is 0. The molecule has 0 saturated carbocycles. The Morgan fingerprint density at radius 2 is 0.957 bits per heavy atom. The summed E-state index contributed by atoms with van der Waals surface area (Å²) in [6.45, 7) is 1.90. The number of rotatable bonds is 5. The molecule has 0 aliphatic heterocycles. The topological polar surface area (TPSA) is 20.2 Å². The molecule has 0 aromatic heterocycles. The lowest BCUT2D eigenvalue weighted by Gasteiger charge is -2.34. The molecular weight excluding hydrogens is 296 g/mol. The summed E-state index contributed by atoms with van der Waals surface area (Å²) in [6, 6.07) is 32.9. The Labute approximate surface area is 139 Å². The summed E-state index contributed by atoms with van der Waals surface area (Å²) in [6.07, 6.45) is -0.345. The first-order valence-electron chi connectivity index (χ1n) is 8.08. The minimum absolute atomic E-state index is 0.345. The van der Waals surface area contributed by atoms with Crippen LogP contribution in [0.2, 0.25) is 6.04 Å². The van der Waals surface area contributed by atoms with Crippen LogP contribution in [0.25, 0.3) is 0 Å². The van der Waals surface area contributed by atoms with E-state index in [0.717, 1.165) is 6.04 Å². The van der Waals surface area contributed by atoms with Crippen LogP contribution in [-0.4, -0.2) is 19.3 Å². The van der Waals surface area contributed by atoms with Gasteiger partial charge in [-0.2, -0.15) is 0 Å². The molecule has 1 N–H and O–H groups in total. The first-order chi connectivity index (χ1) is 11.2. The molecule has 1 atom stereocenters. The molecule has 0 radical (unpaired) electrons. The SMILES string of the molecule is CC(O)C[Si](c1ccccc1)(c1ccccc1)c1ccccc1. The van der Waals surface area contributed by atoms with Crippen LogP contribution in [0.3, 0.4) is 0 Å². The van der Waals surface area contributed by atoms with Gasteiger partial charge in [-0.3, -0.25) is 0 Å². The third-order valence-electron chi connectivity index (χ3n) is 4.40. The lowest BCUT2D eigenvalue weighted by Crippen LogP contribution is -2.68. The molecule has 1 unspecified atom stereocenters. The average Bonchev–Trinajstić information content (AvgIpc) is 2.62. The van der Waals surface area contributed by atoms with E-state index in [9.17, 15) is 5.11 Å². The van der Waals surface area contributed by atoms with Gasteiger partial charge in [0.25, 0.3) is 0 Å². The van der Waals surface area contributed by atoms with E-state index < -0.39 is 8.07 Å². The summed E-state index contributed by atoms with van der Waals surface area (Å²) in [7, 11) is -2.24. The summed E-state index contributed by atoms with van der Waals surface area (Å²) < 4.78 is 0. The predicted molar refractivity (Wildman–Crippen MR) is 100 cm³/mol. The summed E-state index contributed by atoms with van der Waals surface area (Å²) in [5.41, 5.74) is 0. The normalized spacial score (nSPS) is 12.8. The Bertz CT molecular complexity index is 627. The van der Waals surface area contributed by atoms with Crippen molar-refractivity contribution in [2.45, 2.75) is 19.1 Å². The first kappa shape index (κ1) is 15.7. The van der Waals surface area contributed by atoms with Crippen molar-refractivity contribution in [3.63, 3.8) is 0 Å². The Kier molecular flexibility index (Phi) is 4.75. The van der Waals surface area contributed by atoms with Crippen molar-refractivity contribution in [1.29, 1.82) is 0 Å². The average molecular weight is 318 g/mol. The minimum atomic E-state index is -2.24. The molecule has 2 heteroatoms. The number of benzene rings is 3. The van der Waals surface area contributed by atoms with E-state index in [1.54, 1.807) is 0 Å². The Hall–Kier alpha value is -2.16. The second-order valence-electron chi connectivity index (χ2n) is 6.06. The predicted octanol–water partition coefficient (Wildman–Crippen LogP) is 2.54. The Morgan fingerprint density at radius 1 is 0.652 bits per heavy atom. The maximum absolute atomic E-state index is 10.3. The third kappa shape index (κ3) is 3.14. The van der Waals surface area contributed by atoms with Crippen LogP contribution in [0.4, 0.5) is 0 Å². The fourth-order valence-corrected chi connectivity index (χ4v) is 8.34. The summed E-state index contributed by atoms with van der Waals surface area (Å²) in [5.74, 6) is 0.